The van der Waals surface area contributed by atoms with Crippen LogP contribution in [0.25, 0.3) is 0 Å². The molecule has 1 aromatic rings. The minimum atomic E-state index is -0.285. The fourth-order valence-electron chi connectivity index (χ4n) is 3.06. The quantitative estimate of drug-likeness (QED) is 0.820. The van der Waals surface area contributed by atoms with E-state index >= 15 is 0 Å². The molecule has 0 unspecified atom stereocenters. The summed E-state index contributed by atoms with van der Waals surface area (Å²) in [7, 11) is 0. The van der Waals surface area contributed by atoms with Crippen molar-refractivity contribution in [1.29, 1.82) is 0 Å². The van der Waals surface area contributed by atoms with Gasteiger partial charge in [0.05, 0.1) is 6.61 Å². The zero-order valence-corrected chi connectivity index (χ0v) is 13.0. The van der Waals surface area contributed by atoms with Crippen molar-refractivity contribution < 1.29 is 13.9 Å². The van der Waals surface area contributed by atoms with Gasteiger partial charge >= 0.3 is 5.97 Å². The molecule has 3 rings (SSSR count). The first-order valence-electron chi connectivity index (χ1n) is 8.09. The van der Waals surface area contributed by atoms with Crippen LogP contribution in [0.2, 0.25) is 0 Å². The van der Waals surface area contributed by atoms with Gasteiger partial charge in [-0.25, -0.2) is 4.39 Å². The lowest BCUT2D eigenvalue weighted by atomic mass is 9.97. The third kappa shape index (κ3) is 3.58. The van der Waals surface area contributed by atoms with Crippen LogP contribution in [0, 0.1) is 11.7 Å². The summed E-state index contributed by atoms with van der Waals surface area (Å²) in [6.45, 7) is 5.00. The van der Waals surface area contributed by atoms with Crippen molar-refractivity contribution >= 4 is 11.7 Å². The third-order valence-corrected chi connectivity index (χ3v) is 4.38. The molecule has 5 heteroatoms. The molecule has 1 heterocycles. The lowest BCUT2D eigenvalue weighted by Gasteiger charge is -2.30. The maximum atomic E-state index is 14.2. The van der Waals surface area contributed by atoms with Crippen molar-refractivity contribution in [3.05, 3.63) is 29.1 Å². The van der Waals surface area contributed by atoms with Crippen molar-refractivity contribution in [1.82, 2.24) is 4.90 Å². The maximum absolute atomic E-state index is 14.2. The first kappa shape index (κ1) is 15.3. The second-order valence-corrected chi connectivity index (χ2v) is 6.14. The Labute approximate surface area is 130 Å². The Hall–Kier alpha value is -1.62. The van der Waals surface area contributed by atoms with E-state index in [0.717, 1.165) is 42.2 Å². The van der Waals surface area contributed by atoms with Gasteiger partial charge in [0.25, 0.3) is 0 Å². The molecule has 120 valence electrons. The largest absolute Gasteiger partial charge is 0.465 e. The summed E-state index contributed by atoms with van der Waals surface area (Å²) in [4.78, 5) is 13.8. The highest BCUT2D eigenvalue weighted by Gasteiger charge is 2.28. The molecule has 4 nitrogen and oxygen atoms in total. The fraction of sp³-hybridized carbons (Fsp3) is 0.588. The van der Waals surface area contributed by atoms with Crippen LogP contribution >= 0.6 is 0 Å². The van der Waals surface area contributed by atoms with Crippen molar-refractivity contribution in [3.63, 3.8) is 0 Å². The molecule has 0 spiro atoms. The van der Waals surface area contributed by atoms with Crippen LogP contribution in [-0.4, -0.2) is 37.1 Å². The van der Waals surface area contributed by atoms with Crippen LogP contribution in [0.1, 0.15) is 30.9 Å². The van der Waals surface area contributed by atoms with Crippen LogP contribution in [0.5, 0.6) is 0 Å². The number of benzene rings is 1. The lowest BCUT2D eigenvalue weighted by Crippen LogP contribution is -2.33. The van der Waals surface area contributed by atoms with Crippen LogP contribution in [0.15, 0.2) is 12.1 Å². The first-order chi connectivity index (χ1) is 10.7. The summed E-state index contributed by atoms with van der Waals surface area (Å²) in [5, 5.41) is 3.09. The Balaban J connectivity index is 1.69. The highest BCUT2D eigenvalue weighted by molar-refractivity contribution is 5.75. The number of carbonyl (C=O) groups is 1. The zero-order chi connectivity index (χ0) is 15.5. The number of ether oxygens (including phenoxy) is 1. The number of hydrogen-bond donors (Lipinski definition) is 1. The van der Waals surface area contributed by atoms with Crippen molar-refractivity contribution in [2.24, 2.45) is 5.92 Å². The second-order valence-electron chi connectivity index (χ2n) is 6.14. The third-order valence-electron chi connectivity index (χ3n) is 4.38. The van der Waals surface area contributed by atoms with E-state index in [1.165, 1.54) is 18.9 Å². The Morgan fingerprint density at radius 2 is 2.23 bits per heavy atom. The fourth-order valence-corrected chi connectivity index (χ4v) is 3.06. The SMILES string of the molecule is CCOC(=O)CNc1ccc(F)c2c1CCN(CC1CC1)C2. The number of hydrogen-bond acceptors (Lipinski definition) is 4. The lowest BCUT2D eigenvalue weighted by molar-refractivity contribution is -0.140. The van der Waals surface area contributed by atoms with Gasteiger partial charge in [0, 0.05) is 30.9 Å². The topological polar surface area (TPSA) is 41.6 Å². The molecule has 1 aliphatic carbocycles. The average Bonchev–Trinajstić information content (AvgIpc) is 3.31. The van der Waals surface area contributed by atoms with Gasteiger partial charge in [-0.15, -0.1) is 0 Å². The average molecular weight is 306 g/mol. The van der Waals surface area contributed by atoms with E-state index < -0.39 is 0 Å². The summed E-state index contributed by atoms with van der Waals surface area (Å²) in [6.07, 6.45) is 3.45. The highest BCUT2D eigenvalue weighted by Crippen LogP contribution is 2.33. The second kappa shape index (κ2) is 6.65. The standard InChI is InChI=1S/C17H23FN2O2/c1-2-22-17(21)9-19-16-6-5-15(18)14-11-20(8-7-13(14)16)10-12-3-4-12/h5-6,12,19H,2-4,7-11H2,1H3. The van der Waals surface area contributed by atoms with Crippen LogP contribution in [0.4, 0.5) is 10.1 Å². The molecule has 1 aromatic carbocycles. The number of fused-ring (bicyclic) bond motifs is 1. The Morgan fingerprint density at radius 3 is 2.95 bits per heavy atom. The molecule has 0 saturated heterocycles. The van der Waals surface area contributed by atoms with Crippen molar-refractivity contribution in [3.8, 4) is 0 Å². The van der Waals surface area contributed by atoms with Crippen LogP contribution in [0.3, 0.4) is 0 Å². The zero-order valence-electron chi connectivity index (χ0n) is 13.0. The number of nitrogens with one attached hydrogen (secondary N) is 1. The molecule has 22 heavy (non-hydrogen) atoms. The summed E-state index contributed by atoms with van der Waals surface area (Å²) in [5.74, 6) is 0.388. The van der Waals surface area contributed by atoms with Crippen molar-refractivity contribution in [2.45, 2.75) is 32.7 Å². The number of rotatable bonds is 6. The number of carbonyl (C=O) groups excluding carboxylic acids is 1. The highest BCUT2D eigenvalue weighted by atomic mass is 19.1. The molecule has 1 N–H and O–H groups in total. The Bertz CT molecular complexity index is 558. The molecule has 0 radical (unpaired) electrons. The molecular weight excluding hydrogens is 283 g/mol. The predicted molar refractivity (Wildman–Crippen MR) is 83.2 cm³/mol. The Morgan fingerprint density at radius 1 is 1.41 bits per heavy atom. The summed E-state index contributed by atoms with van der Waals surface area (Å²) < 4.78 is 19.1. The normalized spacial score (nSPS) is 17.9. The molecule has 1 fully saturated rings. The van der Waals surface area contributed by atoms with E-state index in [4.69, 9.17) is 4.74 Å². The van der Waals surface area contributed by atoms with Gasteiger partial charge in [-0.1, -0.05) is 0 Å². The predicted octanol–water partition coefficient (Wildman–Crippen LogP) is 2.57. The van der Waals surface area contributed by atoms with Gasteiger partial charge in [0.15, 0.2) is 0 Å². The minimum absolute atomic E-state index is 0.123. The molecule has 0 aromatic heterocycles. The monoisotopic (exact) mass is 306 g/mol. The number of anilines is 1. The van der Waals surface area contributed by atoms with Crippen LogP contribution in [-0.2, 0) is 22.5 Å². The molecule has 1 aliphatic heterocycles. The van der Waals surface area contributed by atoms with Gasteiger partial charge < -0.3 is 10.1 Å². The maximum Gasteiger partial charge on any atom is 0.325 e. The van der Waals surface area contributed by atoms with Gasteiger partial charge in [0.1, 0.15) is 12.4 Å². The smallest absolute Gasteiger partial charge is 0.325 e. The summed E-state index contributed by atoms with van der Waals surface area (Å²) >= 11 is 0. The summed E-state index contributed by atoms with van der Waals surface area (Å²) in [5.41, 5.74) is 2.65. The number of nitrogens with zero attached hydrogens (tertiary/aromatic N) is 1. The molecule has 0 amide bonds. The van der Waals surface area contributed by atoms with Crippen molar-refractivity contribution in [2.75, 3.05) is 31.6 Å². The molecule has 1 saturated carbocycles. The van der Waals surface area contributed by atoms with Gasteiger partial charge in [-0.3, -0.25) is 9.69 Å². The van der Waals surface area contributed by atoms with E-state index in [2.05, 4.69) is 10.2 Å². The van der Waals surface area contributed by atoms with E-state index in [1.807, 2.05) is 0 Å². The van der Waals surface area contributed by atoms with E-state index in [-0.39, 0.29) is 18.3 Å². The molecule has 2 aliphatic rings. The summed E-state index contributed by atoms with van der Waals surface area (Å²) in [6, 6.07) is 3.22. The number of halogens is 1. The van der Waals surface area contributed by atoms with E-state index in [1.54, 1.807) is 13.0 Å². The van der Waals surface area contributed by atoms with Gasteiger partial charge in [-0.2, -0.15) is 0 Å². The first-order valence-corrected chi connectivity index (χ1v) is 8.09. The van der Waals surface area contributed by atoms with Gasteiger partial charge in [-0.05, 0) is 49.8 Å². The van der Waals surface area contributed by atoms with E-state index in [9.17, 15) is 9.18 Å². The molecule has 0 atom stereocenters. The molecular formula is C17H23FN2O2. The number of esters is 1. The molecule has 0 bridgehead atoms. The van der Waals surface area contributed by atoms with Gasteiger partial charge in [0.2, 0.25) is 0 Å². The minimum Gasteiger partial charge on any atom is -0.465 e. The van der Waals surface area contributed by atoms with Crippen LogP contribution < -0.4 is 5.32 Å². The van der Waals surface area contributed by atoms with E-state index in [0.29, 0.717) is 13.2 Å². The Kier molecular flexibility index (Phi) is 4.62.